The Morgan fingerprint density at radius 1 is 0.966 bits per heavy atom. The molecule has 29 heavy (non-hydrogen) atoms. The number of hydrogen-bond acceptors (Lipinski definition) is 3. The quantitative estimate of drug-likeness (QED) is 0.626. The molecule has 0 unspecified atom stereocenters. The Balaban J connectivity index is 1.36. The lowest BCUT2D eigenvalue weighted by molar-refractivity contribution is 0.142. The zero-order valence-electron chi connectivity index (χ0n) is 15.9. The first-order chi connectivity index (χ1) is 14.3. The van der Waals surface area contributed by atoms with Crippen molar-refractivity contribution in [3.8, 4) is 29.2 Å². The predicted molar refractivity (Wildman–Crippen MR) is 113 cm³/mol. The minimum Gasteiger partial charge on any atom is -0.481 e. The average molecular weight is 383 g/mol. The van der Waals surface area contributed by atoms with E-state index in [9.17, 15) is 4.79 Å². The fourth-order valence-corrected chi connectivity index (χ4v) is 3.69. The number of alkyl carbamates (subject to hydrolysis) is 1. The molecule has 0 spiro atoms. The fraction of sp³-hybridized carbons (Fsp3) is 0.160. The molecule has 0 fully saturated rings. The Hall–Kier alpha value is -3.71. The fourth-order valence-electron chi connectivity index (χ4n) is 3.69. The summed E-state index contributed by atoms with van der Waals surface area (Å²) in [5.41, 5.74) is 5.72. The van der Waals surface area contributed by atoms with E-state index in [1.807, 2.05) is 48.5 Å². The summed E-state index contributed by atoms with van der Waals surface area (Å²) in [6, 6.07) is 24.0. The first-order valence-corrected chi connectivity index (χ1v) is 9.50. The highest BCUT2D eigenvalue weighted by molar-refractivity contribution is 5.79. The van der Waals surface area contributed by atoms with E-state index in [0.29, 0.717) is 18.9 Å². The van der Waals surface area contributed by atoms with Gasteiger partial charge >= 0.3 is 6.09 Å². The molecule has 0 aromatic heterocycles. The summed E-state index contributed by atoms with van der Waals surface area (Å²) in [6.07, 6.45) is 4.77. The Kier molecular flexibility index (Phi) is 5.49. The van der Waals surface area contributed by atoms with E-state index in [0.717, 1.165) is 5.56 Å². The molecule has 0 heterocycles. The number of amides is 1. The molecule has 1 aliphatic carbocycles. The molecular formula is C25H21NO3. The van der Waals surface area contributed by atoms with Crippen LogP contribution in [-0.2, 0) is 11.3 Å². The predicted octanol–water partition coefficient (Wildman–Crippen LogP) is 4.74. The summed E-state index contributed by atoms with van der Waals surface area (Å²) in [6.45, 7) is 0.859. The summed E-state index contributed by atoms with van der Waals surface area (Å²) in [4.78, 5) is 12.3. The van der Waals surface area contributed by atoms with E-state index in [-0.39, 0.29) is 12.5 Å². The van der Waals surface area contributed by atoms with E-state index < -0.39 is 6.09 Å². The summed E-state index contributed by atoms with van der Waals surface area (Å²) in [5, 5.41) is 2.80. The van der Waals surface area contributed by atoms with Gasteiger partial charge in [-0.3, -0.25) is 0 Å². The van der Waals surface area contributed by atoms with Crippen molar-refractivity contribution in [3.63, 3.8) is 0 Å². The number of rotatable bonds is 6. The molecule has 3 aromatic rings. The van der Waals surface area contributed by atoms with Gasteiger partial charge in [0, 0.05) is 12.5 Å². The molecule has 4 heteroatoms. The van der Waals surface area contributed by atoms with Gasteiger partial charge in [-0.25, -0.2) is 4.79 Å². The molecule has 1 amide bonds. The van der Waals surface area contributed by atoms with E-state index >= 15 is 0 Å². The molecule has 0 bridgehead atoms. The number of nitrogens with one attached hydrogen (secondary N) is 1. The van der Waals surface area contributed by atoms with Crippen LogP contribution in [0.1, 0.15) is 22.6 Å². The summed E-state index contributed by atoms with van der Waals surface area (Å²) in [5.74, 6) is 3.16. The van der Waals surface area contributed by atoms with Crippen LogP contribution in [0.4, 0.5) is 4.79 Å². The maximum absolute atomic E-state index is 12.3. The van der Waals surface area contributed by atoms with Gasteiger partial charge in [0.25, 0.3) is 0 Å². The highest BCUT2D eigenvalue weighted by Gasteiger charge is 2.28. The maximum atomic E-state index is 12.3. The Labute approximate surface area is 170 Å². The van der Waals surface area contributed by atoms with Gasteiger partial charge in [-0.05, 0) is 39.9 Å². The zero-order valence-corrected chi connectivity index (χ0v) is 15.9. The topological polar surface area (TPSA) is 47.6 Å². The van der Waals surface area contributed by atoms with Gasteiger partial charge in [0.05, 0.1) is 0 Å². The molecule has 0 saturated carbocycles. The van der Waals surface area contributed by atoms with Crippen LogP contribution in [-0.4, -0.2) is 19.3 Å². The van der Waals surface area contributed by atoms with Gasteiger partial charge in [-0.15, -0.1) is 6.42 Å². The Morgan fingerprint density at radius 2 is 1.66 bits per heavy atom. The SMILES string of the molecule is C#CCOc1cccc(CNC(=O)OCC2c3ccccc3-c3ccccc32)c1. The Bertz CT molecular complexity index is 1020. The second-order valence-corrected chi connectivity index (χ2v) is 6.82. The standard InChI is InChI=1S/C25H21NO3/c1-2-14-28-19-9-7-8-18(15-19)16-26-25(27)29-17-24-22-12-5-3-10-20(22)21-11-4-6-13-23(21)24/h1,3-13,15,24H,14,16-17H2,(H,26,27). The summed E-state index contributed by atoms with van der Waals surface area (Å²) >= 11 is 0. The van der Waals surface area contributed by atoms with E-state index in [4.69, 9.17) is 15.9 Å². The first kappa shape index (κ1) is 18.6. The third-order valence-electron chi connectivity index (χ3n) is 5.00. The molecule has 3 aromatic carbocycles. The van der Waals surface area contributed by atoms with Crippen molar-refractivity contribution in [1.82, 2.24) is 5.32 Å². The van der Waals surface area contributed by atoms with E-state index in [1.54, 1.807) is 0 Å². The van der Waals surface area contributed by atoms with Crippen LogP contribution in [0.5, 0.6) is 5.75 Å². The molecule has 0 radical (unpaired) electrons. The Morgan fingerprint density at radius 3 is 2.34 bits per heavy atom. The van der Waals surface area contributed by atoms with Crippen molar-refractivity contribution in [1.29, 1.82) is 0 Å². The number of fused-ring (bicyclic) bond motifs is 3. The summed E-state index contributed by atoms with van der Waals surface area (Å²) in [7, 11) is 0. The summed E-state index contributed by atoms with van der Waals surface area (Å²) < 4.78 is 11.0. The van der Waals surface area contributed by atoms with Crippen LogP contribution in [0.15, 0.2) is 72.8 Å². The van der Waals surface area contributed by atoms with Gasteiger partial charge in [-0.2, -0.15) is 0 Å². The molecule has 4 nitrogen and oxygen atoms in total. The molecule has 144 valence electrons. The molecule has 0 saturated heterocycles. The second-order valence-electron chi connectivity index (χ2n) is 6.82. The van der Waals surface area contributed by atoms with Crippen molar-refractivity contribution in [2.24, 2.45) is 0 Å². The van der Waals surface area contributed by atoms with Crippen molar-refractivity contribution >= 4 is 6.09 Å². The van der Waals surface area contributed by atoms with Crippen LogP contribution >= 0.6 is 0 Å². The highest BCUT2D eigenvalue weighted by atomic mass is 16.5. The van der Waals surface area contributed by atoms with Gasteiger partial charge in [0.15, 0.2) is 0 Å². The van der Waals surface area contributed by atoms with Crippen LogP contribution in [0.2, 0.25) is 0 Å². The molecule has 1 aliphatic rings. The zero-order chi connectivity index (χ0) is 20.1. The molecular weight excluding hydrogens is 362 g/mol. The smallest absolute Gasteiger partial charge is 0.407 e. The molecule has 0 aliphatic heterocycles. The third kappa shape index (κ3) is 4.09. The number of hydrogen-bond donors (Lipinski definition) is 1. The van der Waals surface area contributed by atoms with Crippen molar-refractivity contribution in [3.05, 3.63) is 89.5 Å². The molecule has 4 rings (SSSR count). The van der Waals surface area contributed by atoms with Gasteiger partial charge in [0.1, 0.15) is 19.0 Å². The molecule has 0 atom stereocenters. The van der Waals surface area contributed by atoms with Gasteiger partial charge in [0.2, 0.25) is 0 Å². The number of ether oxygens (including phenoxy) is 2. The minimum absolute atomic E-state index is 0.0497. The lowest BCUT2D eigenvalue weighted by atomic mass is 9.98. The minimum atomic E-state index is -0.443. The number of carbonyl (C=O) groups excluding carboxylic acids is 1. The normalized spacial score (nSPS) is 11.8. The van der Waals surface area contributed by atoms with Crippen molar-refractivity contribution in [2.75, 3.05) is 13.2 Å². The van der Waals surface area contributed by atoms with Gasteiger partial charge < -0.3 is 14.8 Å². The third-order valence-corrected chi connectivity index (χ3v) is 5.00. The lowest BCUT2D eigenvalue weighted by Crippen LogP contribution is -2.25. The van der Waals surface area contributed by atoms with Crippen LogP contribution in [0.25, 0.3) is 11.1 Å². The van der Waals surface area contributed by atoms with Crippen LogP contribution in [0.3, 0.4) is 0 Å². The second kappa shape index (κ2) is 8.53. The monoisotopic (exact) mass is 383 g/mol. The average Bonchev–Trinajstić information content (AvgIpc) is 3.09. The van der Waals surface area contributed by atoms with Crippen molar-refractivity contribution < 1.29 is 14.3 Å². The lowest BCUT2D eigenvalue weighted by Gasteiger charge is -2.14. The first-order valence-electron chi connectivity index (χ1n) is 9.50. The van der Waals surface area contributed by atoms with Gasteiger partial charge in [-0.1, -0.05) is 66.6 Å². The largest absolute Gasteiger partial charge is 0.481 e. The highest BCUT2D eigenvalue weighted by Crippen LogP contribution is 2.44. The molecule has 1 N–H and O–H groups in total. The van der Waals surface area contributed by atoms with E-state index in [2.05, 4.69) is 35.5 Å². The van der Waals surface area contributed by atoms with Crippen LogP contribution < -0.4 is 10.1 Å². The van der Waals surface area contributed by atoms with Crippen molar-refractivity contribution in [2.45, 2.75) is 12.5 Å². The number of carbonyl (C=O) groups is 1. The van der Waals surface area contributed by atoms with E-state index in [1.165, 1.54) is 22.3 Å². The van der Waals surface area contributed by atoms with Crippen LogP contribution in [0, 0.1) is 12.3 Å². The number of benzene rings is 3. The number of terminal acetylenes is 1. The maximum Gasteiger partial charge on any atom is 0.407 e.